The van der Waals surface area contributed by atoms with Gasteiger partial charge in [-0.15, -0.1) is 0 Å². The van der Waals surface area contributed by atoms with Crippen LogP contribution in [-0.2, 0) is 0 Å². The summed E-state index contributed by atoms with van der Waals surface area (Å²) in [6.07, 6.45) is 0.399. The Morgan fingerprint density at radius 2 is 1.66 bits per heavy atom. The first kappa shape index (κ1) is 16.7. The lowest BCUT2D eigenvalue weighted by Crippen LogP contribution is -2.33. The Balaban J connectivity index is 1.45. The van der Waals surface area contributed by atoms with E-state index >= 15 is 0 Å². The molecule has 6 rings (SSSR count). The summed E-state index contributed by atoms with van der Waals surface area (Å²) < 4.78 is 17.3. The van der Waals surface area contributed by atoms with E-state index in [4.69, 9.17) is 30.9 Å². The van der Waals surface area contributed by atoms with Gasteiger partial charge in [-0.05, 0) is 30.3 Å². The fourth-order valence-electron chi connectivity index (χ4n) is 4.17. The van der Waals surface area contributed by atoms with Gasteiger partial charge < -0.3 is 14.2 Å². The summed E-state index contributed by atoms with van der Waals surface area (Å²) in [5.74, 6) is 2.41. The third-order valence-electron chi connectivity index (χ3n) is 5.58. The standard InChI is InChI=1S/C23H17ClN2O3/c24-17-7-3-1-5-15(17)23-26-19(16-6-2-4-8-20(16)29-23)12-18(25-26)14-9-10-21-22(11-14)28-13-27-21/h1-11,19,23H,12-13H2/t19-,23+/m0/s1. The molecular formula is C23H17ClN2O3. The number of ether oxygens (including phenoxy) is 3. The van der Waals surface area contributed by atoms with Crippen LogP contribution in [0.25, 0.3) is 0 Å². The third kappa shape index (κ3) is 2.65. The summed E-state index contributed by atoms with van der Waals surface area (Å²) >= 11 is 6.51. The lowest BCUT2D eigenvalue weighted by Gasteiger charge is -2.38. The lowest BCUT2D eigenvalue weighted by molar-refractivity contribution is -0.0189. The minimum absolute atomic E-state index is 0.0849. The number of fused-ring (bicyclic) bond motifs is 4. The molecule has 0 saturated carbocycles. The zero-order valence-corrected chi connectivity index (χ0v) is 16.2. The monoisotopic (exact) mass is 404 g/mol. The second-order valence-electron chi connectivity index (χ2n) is 7.24. The van der Waals surface area contributed by atoms with Crippen molar-refractivity contribution < 1.29 is 14.2 Å². The molecule has 0 saturated heterocycles. The first-order chi connectivity index (χ1) is 14.3. The molecule has 0 radical (unpaired) electrons. The van der Waals surface area contributed by atoms with Crippen LogP contribution >= 0.6 is 11.6 Å². The van der Waals surface area contributed by atoms with Crippen LogP contribution < -0.4 is 14.2 Å². The van der Waals surface area contributed by atoms with Gasteiger partial charge in [0.25, 0.3) is 0 Å². The van der Waals surface area contributed by atoms with E-state index in [-0.39, 0.29) is 19.1 Å². The minimum Gasteiger partial charge on any atom is -0.464 e. The number of hydrazone groups is 1. The molecule has 0 N–H and O–H groups in total. The number of hydrogen-bond donors (Lipinski definition) is 0. The molecule has 3 aliphatic heterocycles. The van der Waals surface area contributed by atoms with Gasteiger partial charge in [-0.3, -0.25) is 0 Å². The van der Waals surface area contributed by atoms with Crippen molar-refractivity contribution in [2.75, 3.05) is 6.79 Å². The van der Waals surface area contributed by atoms with E-state index in [2.05, 4.69) is 6.07 Å². The van der Waals surface area contributed by atoms with E-state index in [1.165, 1.54) is 0 Å². The van der Waals surface area contributed by atoms with Gasteiger partial charge in [-0.25, -0.2) is 5.01 Å². The Hall–Kier alpha value is -3.18. The molecule has 29 heavy (non-hydrogen) atoms. The summed E-state index contributed by atoms with van der Waals surface area (Å²) in [5, 5.41) is 7.67. The van der Waals surface area contributed by atoms with Crippen LogP contribution in [0, 0.1) is 0 Å². The predicted molar refractivity (Wildman–Crippen MR) is 110 cm³/mol. The molecule has 6 heteroatoms. The van der Waals surface area contributed by atoms with Crippen LogP contribution in [0.5, 0.6) is 17.2 Å². The zero-order valence-electron chi connectivity index (χ0n) is 15.4. The molecule has 0 spiro atoms. The molecule has 3 heterocycles. The highest BCUT2D eigenvalue weighted by Crippen LogP contribution is 2.48. The zero-order chi connectivity index (χ0) is 19.4. The fraction of sp³-hybridized carbons (Fsp3) is 0.174. The second kappa shape index (κ2) is 6.42. The van der Waals surface area contributed by atoms with Crippen molar-refractivity contribution in [2.45, 2.75) is 18.7 Å². The Kier molecular flexibility index (Phi) is 3.71. The van der Waals surface area contributed by atoms with E-state index in [0.717, 1.165) is 46.1 Å². The molecule has 3 aromatic rings. The summed E-state index contributed by atoms with van der Waals surface area (Å²) in [6, 6.07) is 22.0. The van der Waals surface area contributed by atoms with Gasteiger partial charge in [0.2, 0.25) is 13.0 Å². The molecule has 0 fully saturated rings. The smallest absolute Gasteiger partial charge is 0.231 e. The lowest BCUT2D eigenvalue weighted by atomic mass is 9.96. The molecule has 5 nitrogen and oxygen atoms in total. The molecular weight excluding hydrogens is 388 g/mol. The van der Waals surface area contributed by atoms with Crippen molar-refractivity contribution in [3.63, 3.8) is 0 Å². The van der Waals surface area contributed by atoms with Crippen molar-refractivity contribution in [3.05, 3.63) is 88.4 Å². The highest BCUT2D eigenvalue weighted by atomic mass is 35.5. The van der Waals surface area contributed by atoms with Crippen molar-refractivity contribution in [3.8, 4) is 17.2 Å². The predicted octanol–water partition coefficient (Wildman–Crippen LogP) is 5.31. The number of halogens is 1. The van der Waals surface area contributed by atoms with Crippen molar-refractivity contribution in [1.29, 1.82) is 0 Å². The number of para-hydroxylation sites is 1. The number of hydrogen-bond acceptors (Lipinski definition) is 5. The van der Waals surface area contributed by atoms with Gasteiger partial charge >= 0.3 is 0 Å². The molecule has 3 aliphatic rings. The molecule has 3 aromatic carbocycles. The van der Waals surface area contributed by atoms with Crippen LogP contribution in [0.3, 0.4) is 0 Å². The maximum absolute atomic E-state index is 6.51. The second-order valence-corrected chi connectivity index (χ2v) is 7.65. The van der Waals surface area contributed by atoms with Gasteiger partial charge in [0.05, 0.1) is 11.8 Å². The van der Waals surface area contributed by atoms with Gasteiger partial charge in [-0.2, -0.15) is 5.10 Å². The van der Waals surface area contributed by atoms with Crippen molar-refractivity contribution in [1.82, 2.24) is 5.01 Å². The first-order valence-electron chi connectivity index (χ1n) is 9.54. The van der Waals surface area contributed by atoms with E-state index in [1.54, 1.807) is 0 Å². The van der Waals surface area contributed by atoms with Crippen LogP contribution in [0.1, 0.15) is 35.4 Å². The average Bonchev–Trinajstić information content (AvgIpc) is 3.40. The number of nitrogens with zero attached hydrogens (tertiary/aromatic N) is 2. The van der Waals surface area contributed by atoms with Crippen LogP contribution in [0.15, 0.2) is 71.8 Å². The maximum atomic E-state index is 6.51. The van der Waals surface area contributed by atoms with Crippen LogP contribution in [0.4, 0.5) is 0 Å². The molecule has 0 amide bonds. The normalized spacial score (nSPS) is 21.3. The fourth-order valence-corrected chi connectivity index (χ4v) is 4.39. The number of benzene rings is 3. The third-order valence-corrected chi connectivity index (χ3v) is 5.92. The maximum Gasteiger partial charge on any atom is 0.231 e. The molecule has 0 aromatic heterocycles. The van der Waals surface area contributed by atoms with Crippen molar-refractivity contribution in [2.24, 2.45) is 5.10 Å². The first-order valence-corrected chi connectivity index (χ1v) is 9.91. The topological polar surface area (TPSA) is 43.3 Å². The molecule has 0 bridgehead atoms. The van der Waals surface area contributed by atoms with E-state index < -0.39 is 0 Å². The van der Waals surface area contributed by atoms with E-state index in [0.29, 0.717) is 5.02 Å². The Morgan fingerprint density at radius 3 is 2.55 bits per heavy atom. The van der Waals surface area contributed by atoms with E-state index in [1.807, 2.05) is 65.7 Å². The summed E-state index contributed by atoms with van der Waals surface area (Å²) in [4.78, 5) is 0. The average molecular weight is 405 g/mol. The molecule has 0 aliphatic carbocycles. The molecule has 0 unspecified atom stereocenters. The molecule has 144 valence electrons. The van der Waals surface area contributed by atoms with Gasteiger partial charge in [0.15, 0.2) is 11.5 Å². The quantitative estimate of drug-likeness (QED) is 0.580. The van der Waals surface area contributed by atoms with Crippen LogP contribution in [-0.4, -0.2) is 17.5 Å². The SMILES string of the molecule is Clc1ccccc1[C@H]1Oc2ccccc2[C@@H]2CC(c3ccc4c(c3)OCO4)=NN12. The van der Waals surface area contributed by atoms with Gasteiger partial charge in [-0.1, -0.05) is 48.0 Å². The molecule has 2 atom stereocenters. The highest BCUT2D eigenvalue weighted by Gasteiger charge is 2.41. The largest absolute Gasteiger partial charge is 0.464 e. The van der Waals surface area contributed by atoms with Gasteiger partial charge in [0.1, 0.15) is 5.75 Å². The Labute approximate surface area is 173 Å². The van der Waals surface area contributed by atoms with Gasteiger partial charge in [0, 0.05) is 28.1 Å². The Bertz CT molecular complexity index is 1150. The van der Waals surface area contributed by atoms with E-state index in [9.17, 15) is 0 Å². The van der Waals surface area contributed by atoms with Crippen molar-refractivity contribution >= 4 is 17.3 Å². The minimum atomic E-state index is -0.380. The summed E-state index contributed by atoms with van der Waals surface area (Å²) in [5.41, 5.74) is 4.06. The summed E-state index contributed by atoms with van der Waals surface area (Å²) in [7, 11) is 0. The van der Waals surface area contributed by atoms with Crippen LogP contribution in [0.2, 0.25) is 5.02 Å². The highest BCUT2D eigenvalue weighted by molar-refractivity contribution is 6.31. The Morgan fingerprint density at radius 1 is 0.862 bits per heavy atom. The summed E-state index contributed by atoms with van der Waals surface area (Å²) in [6.45, 7) is 0.260. The number of rotatable bonds is 2.